The van der Waals surface area contributed by atoms with E-state index in [1.807, 2.05) is 55.5 Å². The van der Waals surface area contributed by atoms with E-state index in [-0.39, 0.29) is 12.5 Å². The van der Waals surface area contributed by atoms with E-state index in [1.165, 1.54) is 0 Å². The minimum Gasteiger partial charge on any atom is -0.492 e. The van der Waals surface area contributed by atoms with Crippen LogP contribution in [-0.2, 0) is 4.79 Å². The molecule has 0 heterocycles. The monoisotopic (exact) mass is 342 g/mol. The van der Waals surface area contributed by atoms with Gasteiger partial charge in [0.05, 0.1) is 31.1 Å². The molecule has 0 saturated heterocycles. The molecule has 134 valence electrons. The second-order valence-electron chi connectivity index (χ2n) is 6.03. The largest absolute Gasteiger partial charge is 0.492 e. The number of anilines is 2. The Morgan fingerprint density at radius 2 is 1.56 bits per heavy atom. The number of benzene rings is 2. The van der Waals surface area contributed by atoms with Crippen LogP contribution in [0.25, 0.3) is 0 Å². The summed E-state index contributed by atoms with van der Waals surface area (Å²) in [6, 6.07) is 15.0. The van der Waals surface area contributed by atoms with E-state index in [9.17, 15) is 4.79 Å². The Hall–Kier alpha value is -2.69. The Balaban J connectivity index is 1.94. The molecule has 0 atom stereocenters. The molecule has 0 aliphatic heterocycles. The number of nitrogens with one attached hydrogen (secondary N) is 2. The highest BCUT2D eigenvalue weighted by Crippen LogP contribution is 2.25. The number of hydrogen-bond donors (Lipinski definition) is 2. The molecule has 5 heteroatoms. The van der Waals surface area contributed by atoms with Crippen LogP contribution in [0.4, 0.5) is 11.4 Å². The Morgan fingerprint density at radius 3 is 2.20 bits per heavy atom. The third-order valence-electron chi connectivity index (χ3n) is 3.36. The van der Waals surface area contributed by atoms with Crippen molar-refractivity contribution in [3.63, 3.8) is 0 Å². The Morgan fingerprint density at radius 1 is 0.960 bits per heavy atom. The molecule has 0 fully saturated rings. The zero-order valence-corrected chi connectivity index (χ0v) is 15.0. The smallest absolute Gasteiger partial charge is 0.243 e. The maximum Gasteiger partial charge on any atom is 0.243 e. The summed E-state index contributed by atoms with van der Waals surface area (Å²) in [5, 5.41) is 6.00. The second kappa shape index (κ2) is 9.57. The van der Waals surface area contributed by atoms with E-state index in [0.29, 0.717) is 30.6 Å². The number of carbonyl (C=O) groups excluding carboxylic acids is 1. The predicted molar refractivity (Wildman–Crippen MR) is 102 cm³/mol. The number of rotatable bonds is 9. The average molecular weight is 342 g/mol. The molecule has 0 aromatic heterocycles. The summed E-state index contributed by atoms with van der Waals surface area (Å²) in [5.41, 5.74) is 1.47. The first-order valence-electron chi connectivity index (χ1n) is 8.57. The van der Waals surface area contributed by atoms with Gasteiger partial charge in [-0.2, -0.15) is 0 Å². The van der Waals surface area contributed by atoms with E-state index in [0.717, 1.165) is 11.4 Å². The molecule has 0 spiro atoms. The highest BCUT2D eigenvalue weighted by Gasteiger charge is 2.09. The lowest BCUT2D eigenvalue weighted by atomic mass is 10.2. The molecule has 1 amide bonds. The van der Waals surface area contributed by atoms with Crippen LogP contribution in [0.15, 0.2) is 48.5 Å². The fraction of sp³-hybridized carbons (Fsp3) is 0.350. The normalized spacial score (nSPS) is 10.4. The lowest BCUT2D eigenvalue weighted by Gasteiger charge is -2.15. The van der Waals surface area contributed by atoms with E-state index in [1.54, 1.807) is 0 Å². The SMILES string of the molecule is CCOc1ccccc1NC(=O)CNc1ccccc1OCC(C)C. The van der Waals surface area contributed by atoms with Gasteiger partial charge in [-0.05, 0) is 37.1 Å². The van der Waals surface area contributed by atoms with Crippen LogP contribution in [0, 0.1) is 5.92 Å². The first-order valence-corrected chi connectivity index (χ1v) is 8.57. The standard InChI is InChI=1S/C20H26N2O3/c1-4-24-19-12-8-6-10-17(19)22-20(23)13-21-16-9-5-7-11-18(16)25-14-15(2)3/h5-12,15,21H,4,13-14H2,1-3H3,(H,22,23). The third-order valence-corrected chi connectivity index (χ3v) is 3.36. The van der Waals surface area contributed by atoms with Crippen molar-refractivity contribution in [1.29, 1.82) is 0 Å². The molecule has 0 radical (unpaired) electrons. The van der Waals surface area contributed by atoms with Gasteiger partial charge in [0.25, 0.3) is 0 Å². The van der Waals surface area contributed by atoms with Crippen LogP contribution in [0.3, 0.4) is 0 Å². The molecule has 25 heavy (non-hydrogen) atoms. The Labute approximate surface area is 149 Å². The number of amides is 1. The van der Waals surface area contributed by atoms with Gasteiger partial charge in [0.15, 0.2) is 0 Å². The summed E-state index contributed by atoms with van der Waals surface area (Å²) < 4.78 is 11.3. The lowest BCUT2D eigenvalue weighted by molar-refractivity contribution is -0.114. The molecule has 0 unspecified atom stereocenters. The first kappa shape index (κ1) is 18.6. The van der Waals surface area contributed by atoms with Crippen LogP contribution < -0.4 is 20.1 Å². The van der Waals surface area contributed by atoms with Gasteiger partial charge < -0.3 is 20.1 Å². The first-order chi connectivity index (χ1) is 12.1. The summed E-state index contributed by atoms with van der Waals surface area (Å²) in [4.78, 5) is 12.2. The number of ether oxygens (including phenoxy) is 2. The number of hydrogen-bond acceptors (Lipinski definition) is 4. The molecule has 0 saturated carbocycles. The average Bonchev–Trinajstić information content (AvgIpc) is 2.60. The van der Waals surface area contributed by atoms with Gasteiger partial charge in [0, 0.05) is 0 Å². The van der Waals surface area contributed by atoms with Crippen LogP contribution in [0.2, 0.25) is 0 Å². The second-order valence-corrected chi connectivity index (χ2v) is 6.03. The summed E-state index contributed by atoms with van der Waals surface area (Å²) in [6.45, 7) is 7.42. The van der Waals surface area contributed by atoms with Crippen LogP contribution in [-0.4, -0.2) is 25.7 Å². The fourth-order valence-corrected chi connectivity index (χ4v) is 2.22. The highest BCUT2D eigenvalue weighted by atomic mass is 16.5. The van der Waals surface area contributed by atoms with Crippen LogP contribution >= 0.6 is 0 Å². The van der Waals surface area contributed by atoms with Gasteiger partial charge in [-0.1, -0.05) is 38.1 Å². The quantitative estimate of drug-likeness (QED) is 0.718. The Kier molecular flexibility index (Phi) is 7.14. The zero-order valence-electron chi connectivity index (χ0n) is 15.0. The van der Waals surface area contributed by atoms with Crippen molar-refractivity contribution >= 4 is 17.3 Å². The third kappa shape index (κ3) is 6.03. The highest BCUT2D eigenvalue weighted by molar-refractivity contribution is 5.95. The zero-order chi connectivity index (χ0) is 18.1. The van der Waals surface area contributed by atoms with E-state index < -0.39 is 0 Å². The summed E-state index contributed by atoms with van der Waals surface area (Å²) in [6.07, 6.45) is 0. The number of carbonyl (C=O) groups is 1. The molecule has 5 nitrogen and oxygen atoms in total. The molecule has 0 aliphatic carbocycles. The van der Waals surface area contributed by atoms with Crippen molar-refractivity contribution < 1.29 is 14.3 Å². The lowest BCUT2D eigenvalue weighted by Crippen LogP contribution is -2.22. The summed E-state index contributed by atoms with van der Waals surface area (Å²) >= 11 is 0. The molecule has 2 aromatic rings. The molecule has 2 rings (SSSR count). The van der Waals surface area contributed by atoms with Gasteiger partial charge >= 0.3 is 0 Å². The van der Waals surface area contributed by atoms with E-state index >= 15 is 0 Å². The van der Waals surface area contributed by atoms with Gasteiger partial charge in [0.2, 0.25) is 5.91 Å². The molecule has 2 N–H and O–H groups in total. The minimum absolute atomic E-state index is 0.141. The summed E-state index contributed by atoms with van der Waals surface area (Å²) in [7, 11) is 0. The maximum atomic E-state index is 12.2. The molecule has 2 aromatic carbocycles. The summed E-state index contributed by atoms with van der Waals surface area (Å²) in [5.74, 6) is 1.70. The van der Waals surface area contributed by atoms with Gasteiger partial charge in [-0.25, -0.2) is 0 Å². The van der Waals surface area contributed by atoms with Gasteiger partial charge in [0.1, 0.15) is 11.5 Å². The van der Waals surface area contributed by atoms with Crippen molar-refractivity contribution in [3.8, 4) is 11.5 Å². The van der Waals surface area contributed by atoms with E-state index in [4.69, 9.17) is 9.47 Å². The fourth-order valence-electron chi connectivity index (χ4n) is 2.22. The van der Waals surface area contributed by atoms with Crippen LogP contribution in [0.5, 0.6) is 11.5 Å². The number of para-hydroxylation sites is 4. The van der Waals surface area contributed by atoms with Crippen molar-refractivity contribution in [3.05, 3.63) is 48.5 Å². The van der Waals surface area contributed by atoms with Crippen LogP contribution in [0.1, 0.15) is 20.8 Å². The van der Waals surface area contributed by atoms with Crippen molar-refractivity contribution in [2.75, 3.05) is 30.4 Å². The molecular formula is C20H26N2O3. The predicted octanol–water partition coefficient (Wildman–Crippen LogP) is 4.17. The van der Waals surface area contributed by atoms with Gasteiger partial charge in [-0.15, -0.1) is 0 Å². The van der Waals surface area contributed by atoms with Crippen molar-refractivity contribution in [2.45, 2.75) is 20.8 Å². The molecule has 0 aliphatic rings. The van der Waals surface area contributed by atoms with E-state index in [2.05, 4.69) is 24.5 Å². The minimum atomic E-state index is -0.147. The molecular weight excluding hydrogens is 316 g/mol. The molecule has 0 bridgehead atoms. The topological polar surface area (TPSA) is 59.6 Å². The Bertz CT molecular complexity index is 686. The maximum absolute atomic E-state index is 12.2. The van der Waals surface area contributed by atoms with Gasteiger partial charge in [-0.3, -0.25) is 4.79 Å². The van der Waals surface area contributed by atoms with Crippen molar-refractivity contribution in [2.24, 2.45) is 5.92 Å². The van der Waals surface area contributed by atoms with Crippen molar-refractivity contribution in [1.82, 2.24) is 0 Å².